The average Bonchev–Trinajstić information content (AvgIpc) is 2.35. The molecule has 0 spiro atoms. The lowest BCUT2D eigenvalue weighted by molar-refractivity contribution is 0.195. The van der Waals surface area contributed by atoms with Crippen LogP contribution >= 0.6 is 0 Å². The lowest BCUT2D eigenvalue weighted by Crippen LogP contribution is -2.09. The van der Waals surface area contributed by atoms with Crippen LogP contribution in [0.3, 0.4) is 0 Å². The number of aliphatic hydroxyl groups is 1. The topological polar surface area (TPSA) is 29.5 Å². The van der Waals surface area contributed by atoms with Gasteiger partial charge in [-0.15, -0.1) is 0 Å². The first-order valence-corrected chi connectivity index (χ1v) is 6.43. The van der Waals surface area contributed by atoms with Crippen LogP contribution in [0.15, 0.2) is 30.4 Å². The van der Waals surface area contributed by atoms with Crippen LogP contribution in [0.5, 0.6) is 5.75 Å². The molecule has 2 atom stereocenters. The lowest BCUT2D eigenvalue weighted by Gasteiger charge is -2.16. The Kier molecular flexibility index (Phi) is 5.42. The average molecular weight is 248 g/mol. The minimum absolute atomic E-state index is 0.389. The Bertz CT molecular complexity index is 410. The van der Waals surface area contributed by atoms with Crippen molar-refractivity contribution in [3.8, 4) is 5.75 Å². The summed E-state index contributed by atoms with van der Waals surface area (Å²) in [5, 5.41) is 9.74. The molecule has 0 unspecified atom stereocenters. The van der Waals surface area contributed by atoms with E-state index in [4.69, 9.17) is 4.74 Å². The molecular formula is C16H24O2. The van der Waals surface area contributed by atoms with E-state index in [1.807, 2.05) is 13.8 Å². The fraction of sp³-hybridized carbons (Fsp3) is 0.500. The van der Waals surface area contributed by atoms with Gasteiger partial charge in [-0.3, -0.25) is 0 Å². The maximum absolute atomic E-state index is 9.74. The Morgan fingerprint density at radius 3 is 2.61 bits per heavy atom. The van der Waals surface area contributed by atoms with Crippen molar-refractivity contribution < 1.29 is 9.84 Å². The van der Waals surface area contributed by atoms with Gasteiger partial charge in [0.1, 0.15) is 5.75 Å². The molecule has 0 aliphatic rings. The maximum Gasteiger partial charge on any atom is 0.122 e. The Labute approximate surface area is 110 Å². The van der Waals surface area contributed by atoms with E-state index in [1.54, 1.807) is 7.11 Å². The third-order valence-corrected chi connectivity index (χ3v) is 3.44. The molecule has 100 valence electrons. The summed E-state index contributed by atoms with van der Waals surface area (Å²) in [4.78, 5) is 0. The molecule has 18 heavy (non-hydrogen) atoms. The van der Waals surface area contributed by atoms with Crippen molar-refractivity contribution >= 4 is 0 Å². The summed E-state index contributed by atoms with van der Waals surface area (Å²) in [6.07, 6.45) is 1.31. The van der Waals surface area contributed by atoms with Crippen molar-refractivity contribution in [1.82, 2.24) is 0 Å². The third-order valence-electron chi connectivity index (χ3n) is 3.44. The molecule has 1 aromatic carbocycles. The standard InChI is InChI=1S/C16H24O2/c1-11(2)15(17)9-7-12(3)14-8-6-13(4)16(10-14)18-5/h6,8,10,12,15,17H,1,7,9H2,2-5H3/t12-,15+/m1/s1. The molecule has 0 heterocycles. The largest absolute Gasteiger partial charge is 0.496 e. The van der Waals surface area contributed by atoms with Gasteiger partial charge < -0.3 is 9.84 Å². The van der Waals surface area contributed by atoms with Crippen LogP contribution in [-0.4, -0.2) is 18.3 Å². The fourth-order valence-electron chi connectivity index (χ4n) is 1.96. The normalized spacial score (nSPS) is 14.1. The van der Waals surface area contributed by atoms with E-state index in [0.717, 1.165) is 29.7 Å². The molecule has 0 saturated heterocycles. The highest BCUT2D eigenvalue weighted by molar-refractivity contribution is 5.37. The van der Waals surface area contributed by atoms with Crippen LogP contribution in [0.1, 0.15) is 43.7 Å². The number of methoxy groups -OCH3 is 1. The minimum Gasteiger partial charge on any atom is -0.496 e. The van der Waals surface area contributed by atoms with Crippen molar-refractivity contribution in [3.63, 3.8) is 0 Å². The van der Waals surface area contributed by atoms with Gasteiger partial charge in [-0.2, -0.15) is 0 Å². The predicted molar refractivity (Wildman–Crippen MR) is 76.2 cm³/mol. The number of hydrogen-bond donors (Lipinski definition) is 1. The molecule has 1 aromatic rings. The highest BCUT2D eigenvalue weighted by Crippen LogP contribution is 2.27. The molecule has 1 rings (SSSR count). The molecule has 0 aliphatic carbocycles. The molecule has 1 N–H and O–H groups in total. The van der Waals surface area contributed by atoms with E-state index in [-0.39, 0.29) is 6.10 Å². The number of aliphatic hydroxyl groups excluding tert-OH is 1. The highest BCUT2D eigenvalue weighted by atomic mass is 16.5. The predicted octanol–water partition coefficient (Wildman–Crippen LogP) is 3.82. The summed E-state index contributed by atoms with van der Waals surface area (Å²) in [6, 6.07) is 6.31. The van der Waals surface area contributed by atoms with Crippen LogP contribution in [0.4, 0.5) is 0 Å². The number of benzene rings is 1. The molecule has 0 aromatic heterocycles. The first-order valence-electron chi connectivity index (χ1n) is 6.43. The van der Waals surface area contributed by atoms with E-state index < -0.39 is 0 Å². The van der Waals surface area contributed by atoms with E-state index >= 15 is 0 Å². The second kappa shape index (κ2) is 6.60. The lowest BCUT2D eigenvalue weighted by atomic mass is 9.93. The van der Waals surface area contributed by atoms with Crippen LogP contribution in [0.2, 0.25) is 0 Å². The summed E-state index contributed by atoms with van der Waals surface area (Å²) in [5.74, 6) is 1.34. The molecule has 2 heteroatoms. The molecule has 0 amide bonds. The maximum atomic E-state index is 9.74. The SMILES string of the molecule is C=C(C)[C@@H](O)CC[C@@H](C)c1ccc(C)c(OC)c1. The first-order chi connectivity index (χ1) is 8.45. The smallest absolute Gasteiger partial charge is 0.122 e. The first kappa shape index (κ1) is 14.8. The number of aryl methyl sites for hydroxylation is 1. The molecule has 0 radical (unpaired) electrons. The summed E-state index contributed by atoms with van der Waals surface area (Å²) in [6.45, 7) is 9.86. The number of hydrogen-bond acceptors (Lipinski definition) is 2. The van der Waals surface area contributed by atoms with Gasteiger partial charge >= 0.3 is 0 Å². The monoisotopic (exact) mass is 248 g/mol. The van der Waals surface area contributed by atoms with E-state index in [0.29, 0.717) is 5.92 Å². The van der Waals surface area contributed by atoms with Gasteiger partial charge in [0.05, 0.1) is 13.2 Å². The summed E-state index contributed by atoms with van der Waals surface area (Å²) in [7, 11) is 1.70. The second-order valence-corrected chi connectivity index (χ2v) is 5.07. The van der Waals surface area contributed by atoms with Gasteiger partial charge in [-0.1, -0.05) is 31.2 Å². The number of ether oxygens (including phenoxy) is 1. The van der Waals surface area contributed by atoms with Crippen molar-refractivity contribution in [2.45, 2.75) is 45.6 Å². The van der Waals surface area contributed by atoms with E-state index in [1.165, 1.54) is 5.56 Å². The second-order valence-electron chi connectivity index (χ2n) is 5.07. The Hall–Kier alpha value is -1.28. The van der Waals surface area contributed by atoms with Crippen molar-refractivity contribution in [2.24, 2.45) is 0 Å². The molecule has 0 aliphatic heterocycles. The zero-order valence-corrected chi connectivity index (χ0v) is 11.9. The summed E-state index contributed by atoms with van der Waals surface area (Å²) < 4.78 is 5.34. The quantitative estimate of drug-likeness (QED) is 0.775. The molecule has 0 fully saturated rings. The van der Waals surface area contributed by atoms with Crippen molar-refractivity contribution in [3.05, 3.63) is 41.5 Å². The van der Waals surface area contributed by atoms with Gasteiger partial charge in [0.15, 0.2) is 0 Å². The van der Waals surface area contributed by atoms with Gasteiger partial charge in [0.25, 0.3) is 0 Å². The van der Waals surface area contributed by atoms with E-state index in [9.17, 15) is 5.11 Å². The summed E-state index contributed by atoms with van der Waals surface area (Å²) in [5.41, 5.74) is 3.24. The van der Waals surface area contributed by atoms with Crippen LogP contribution in [-0.2, 0) is 0 Å². The van der Waals surface area contributed by atoms with Crippen molar-refractivity contribution in [1.29, 1.82) is 0 Å². The summed E-state index contributed by atoms with van der Waals surface area (Å²) >= 11 is 0. The molecule has 0 bridgehead atoms. The zero-order chi connectivity index (χ0) is 13.7. The Morgan fingerprint density at radius 2 is 2.06 bits per heavy atom. The third kappa shape index (κ3) is 3.88. The minimum atomic E-state index is -0.389. The van der Waals surface area contributed by atoms with Gasteiger partial charge in [0.2, 0.25) is 0 Å². The Morgan fingerprint density at radius 1 is 1.39 bits per heavy atom. The highest BCUT2D eigenvalue weighted by Gasteiger charge is 2.11. The molecular weight excluding hydrogens is 224 g/mol. The van der Waals surface area contributed by atoms with Crippen LogP contribution in [0, 0.1) is 6.92 Å². The van der Waals surface area contributed by atoms with Gasteiger partial charge in [0, 0.05) is 0 Å². The zero-order valence-electron chi connectivity index (χ0n) is 11.9. The molecule has 2 nitrogen and oxygen atoms in total. The van der Waals surface area contributed by atoms with Gasteiger partial charge in [-0.25, -0.2) is 0 Å². The van der Waals surface area contributed by atoms with Crippen molar-refractivity contribution in [2.75, 3.05) is 7.11 Å². The van der Waals surface area contributed by atoms with E-state index in [2.05, 4.69) is 31.7 Å². The molecule has 0 saturated carbocycles. The Balaban J connectivity index is 2.66. The van der Waals surface area contributed by atoms with Gasteiger partial charge in [-0.05, 0) is 49.8 Å². The van der Waals surface area contributed by atoms with Crippen LogP contribution in [0.25, 0.3) is 0 Å². The number of rotatable bonds is 6. The van der Waals surface area contributed by atoms with Crippen LogP contribution < -0.4 is 4.74 Å². The fourth-order valence-corrected chi connectivity index (χ4v) is 1.96.